The second-order valence-corrected chi connectivity index (χ2v) is 14.6. The summed E-state index contributed by atoms with van der Waals surface area (Å²) in [6.07, 6.45) is 6.30. The summed E-state index contributed by atoms with van der Waals surface area (Å²) in [7, 11) is 1.41. The number of pyridine rings is 1. The van der Waals surface area contributed by atoms with E-state index in [-0.39, 0.29) is 69.6 Å². The van der Waals surface area contributed by atoms with Crippen molar-refractivity contribution in [3.8, 4) is 28.9 Å². The van der Waals surface area contributed by atoms with E-state index in [0.717, 1.165) is 58.3 Å². The molecule has 0 radical (unpaired) electrons. The lowest BCUT2D eigenvalue weighted by Gasteiger charge is -2.48. The van der Waals surface area contributed by atoms with Crippen molar-refractivity contribution in [2.75, 3.05) is 64.7 Å². The summed E-state index contributed by atoms with van der Waals surface area (Å²) < 4.78 is 56.1. The molecule has 4 aliphatic rings. The normalized spacial score (nSPS) is 27.5. The van der Waals surface area contributed by atoms with Crippen LogP contribution in [0.5, 0.6) is 17.6 Å². The van der Waals surface area contributed by atoms with E-state index in [9.17, 15) is 10.2 Å². The number of methoxy groups -OCH3 is 1. The third-order valence-corrected chi connectivity index (χ3v) is 11.0. The number of fused-ring (bicyclic) bond motifs is 3. The summed E-state index contributed by atoms with van der Waals surface area (Å²) in [5.74, 6) is -1.32. The molecule has 0 spiro atoms. The molecule has 4 atom stereocenters. The summed E-state index contributed by atoms with van der Waals surface area (Å²) >= 11 is 0. The lowest BCUT2D eigenvalue weighted by Crippen LogP contribution is -2.55. The molecule has 4 fully saturated rings. The van der Waals surface area contributed by atoms with Crippen LogP contribution in [0.4, 0.5) is 14.6 Å². The highest BCUT2D eigenvalue weighted by atomic mass is 19.1. The second kappa shape index (κ2) is 13.0. The number of benzene rings is 2. The number of halogens is 2. The van der Waals surface area contributed by atoms with Crippen molar-refractivity contribution in [3.63, 3.8) is 0 Å². The van der Waals surface area contributed by atoms with Gasteiger partial charge in [-0.25, -0.2) is 13.8 Å². The topological polar surface area (TPSA) is 123 Å². The first-order valence-corrected chi connectivity index (χ1v) is 17.5. The minimum atomic E-state index is -1.22. The summed E-state index contributed by atoms with van der Waals surface area (Å²) in [6.45, 7) is 5.52. The van der Waals surface area contributed by atoms with E-state index in [4.69, 9.17) is 23.9 Å². The van der Waals surface area contributed by atoms with E-state index in [1.807, 2.05) is 4.90 Å². The molecule has 266 valence electrons. The number of anilines is 1. The standard InChI is InChI=1S/C37H43F2N5O6/c1-36(46)19-43(13-15-49-20-36)33-29-32(30(39)31(40-34(29)47-2)25-17-24(45)16-22-6-3-7-26(38)28(22)25)41-35(42-33)50-21-37-10-4-8-27(37)44(12-5-11-37)23-9-14-48-18-23/h3,6-7,16-17,23,27,45-46H,4-5,8-15,18-21H2,1-2H3/t23?,27-,36+,37-/m1/s1. The molecule has 50 heavy (non-hydrogen) atoms. The summed E-state index contributed by atoms with van der Waals surface area (Å²) in [4.78, 5) is 18.5. The number of phenolic OH excluding ortho intramolecular Hbond substituents is 1. The number of β-amino-alcohol motifs (C(OH)–C–C–N with tert-alkyl or cyclic N) is 1. The molecule has 4 aromatic rings. The Hall–Kier alpha value is -3.91. The minimum absolute atomic E-state index is 0.00625. The number of ether oxygens (including phenoxy) is 4. The predicted octanol–water partition coefficient (Wildman–Crippen LogP) is 5.23. The van der Waals surface area contributed by atoms with E-state index < -0.39 is 17.2 Å². The van der Waals surface area contributed by atoms with Crippen molar-refractivity contribution in [1.82, 2.24) is 19.9 Å². The molecule has 1 saturated carbocycles. The third-order valence-electron chi connectivity index (χ3n) is 11.0. The Balaban J connectivity index is 1.26. The fourth-order valence-corrected chi connectivity index (χ4v) is 8.83. The van der Waals surface area contributed by atoms with Gasteiger partial charge in [-0.3, -0.25) is 4.90 Å². The fourth-order valence-electron chi connectivity index (χ4n) is 8.83. The summed E-state index contributed by atoms with van der Waals surface area (Å²) in [6, 6.07) is 7.89. The van der Waals surface area contributed by atoms with Crippen LogP contribution < -0.4 is 14.4 Å². The number of likely N-dealkylation sites (tertiary alicyclic amines) is 1. The van der Waals surface area contributed by atoms with Gasteiger partial charge in [0.05, 0.1) is 40.1 Å². The van der Waals surface area contributed by atoms with Gasteiger partial charge in [0.25, 0.3) is 0 Å². The number of aliphatic hydroxyl groups is 1. The van der Waals surface area contributed by atoms with E-state index >= 15 is 8.78 Å². The van der Waals surface area contributed by atoms with Crippen LogP contribution in [0.25, 0.3) is 32.9 Å². The number of rotatable bonds is 7. The van der Waals surface area contributed by atoms with E-state index in [0.29, 0.717) is 37.2 Å². The Morgan fingerprint density at radius 2 is 1.88 bits per heavy atom. The molecule has 2 N–H and O–H groups in total. The van der Waals surface area contributed by atoms with Crippen molar-refractivity contribution in [2.24, 2.45) is 5.41 Å². The number of phenols is 1. The average Bonchev–Trinajstić information content (AvgIpc) is 3.76. The first-order chi connectivity index (χ1) is 24.2. The molecule has 0 amide bonds. The average molecular weight is 692 g/mol. The summed E-state index contributed by atoms with van der Waals surface area (Å²) in [5.41, 5.74) is -1.64. The van der Waals surface area contributed by atoms with Gasteiger partial charge in [-0.05, 0) is 69.2 Å². The molecule has 3 saturated heterocycles. The first-order valence-electron chi connectivity index (χ1n) is 17.5. The third kappa shape index (κ3) is 5.87. The maximum atomic E-state index is 17.1. The number of aromatic hydroxyl groups is 1. The molecule has 2 aromatic carbocycles. The highest BCUT2D eigenvalue weighted by molar-refractivity contribution is 6.02. The molecule has 5 heterocycles. The van der Waals surface area contributed by atoms with Gasteiger partial charge in [0, 0.05) is 41.6 Å². The summed E-state index contributed by atoms with van der Waals surface area (Å²) in [5, 5.41) is 22.4. The largest absolute Gasteiger partial charge is 0.508 e. The van der Waals surface area contributed by atoms with Gasteiger partial charge >= 0.3 is 6.01 Å². The SMILES string of the molecule is COc1nc(-c2cc(O)cc3cccc(F)c23)c(F)c2nc(OC[C@]34CCC[C@H]3N(C3CCOC3)CCC4)nc(N3CCOC[C@@](C)(O)C3)c12. The molecule has 11 nitrogen and oxygen atoms in total. The molecule has 1 unspecified atom stereocenters. The van der Waals surface area contributed by atoms with Crippen LogP contribution in [0.2, 0.25) is 0 Å². The van der Waals surface area contributed by atoms with Crippen molar-refractivity contribution in [2.45, 2.75) is 63.1 Å². The fraction of sp³-hybridized carbons (Fsp3) is 0.541. The first kappa shape index (κ1) is 33.2. The Morgan fingerprint density at radius 1 is 1.02 bits per heavy atom. The van der Waals surface area contributed by atoms with Gasteiger partial charge in [0.1, 0.15) is 39.6 Å². The van der Waals surface area contributed by atoms with Crippen molar-refractivity contribution in [1.29, 1.82) is 0 Å². The Morgan fingerprint density at radius 3 is 2.70 bits per heavy atom. The molecular weight excluding hydrogens is 648 g/mol. The van der Waals surface area contributed by atoms with E-state index in [1.54, 1.807) is 13.0 Å². The Kier molecular flexibility index (Phi) is 8.65. The minimum Gasteiger partial charge on any atom is -0.508 e. The number of hydrogen-bond acceptors (Lipinski definition) is 11. The molecule has 3 aliphatic heterocycles. The molecule has 8 rings (SSSR count). The van der Waals surface area contributed by atoms with Crippen molar-refractivity contribution in [3.05, 3.63) is 42.0 Å². The van der Waals surface area contributed by atoms with E-state index in [1.165, 1.54) is 31.4 Å². The lowest BCUT2D eigenvalue weighted by molar-refractivity contribution is -0.0241. The van der Waals surface area contributed by atoms with Crippen LogP contribution >= 0.6 is 0 Å². The van der Waals surface area contributed by atoms with Crippen molar-refractivity contribution < 1.29 is 37.9 Å². The maximum absolute atomic E-state index is 17.1. The number of hydrogen-bond donors (Lipinski definition) is 2. The highest BCUT2D eigenvalue weighted by Crippen LogP contribution is 2.49. The Bertz CT molecular complexity index is 1920. The van der Waals surface area contributed by atoms with Crippen LogP contribution in [0.1, 0.15) is 45.4 Å². The number of aromatic nitrogens is 3. The van der Waals surface area contributed by atoms with Crippen molar-refractivity contribution >= 4 is 27.5 Å². The molecule has 2 aromatic heterocycles. The highest BCUT2D eigenvalue weighted by Gasteiger charge is 2.50. The van der Waals surface area contributed by atoms with Crippen LogP contribution in [0.3, 0.4) is 0 Å². The van der Waals surface area contributed by atoms with Crippen LogP contribution in [-0.4, -0.2) is 108 Å². The van der Waals surface area contributed by atoms with Crippen LogP contribution in [-0.2, 0) is 9.47 Å². The second-order valence-electron chi connectivity index (χ2n) is 14.6. The number of piperidine rings is 1. The molecule has 13 heteroatoms. The molecule has 0 bridgehead atoms. The molecule has 1 aliphatic carbocycles. The quantitative estimate of drug-likeness (QED) is 0.265. The van der Waals surface area contributed by atoms with Gasteiger partial charge < -0.3 is 34.1 Å². The Labute approximate surface area is 289 Å². The van der Waals surface area contributed by atoms with Gasteiger partial charge in [0.15, 0.2) is 5.82 Å². The van der Waals surface area contributed by atoms with Crippen LogP contribution in [0, 0.1) is 17.0 Å². The van der Waals surface area contributed by atoms with Gasteiger partial charge in [0.2, 0.25) is 5.88 Å². The predicted molar refractivity (Wildman–Crippen MR) is 183 cm³/mol. The van der Waals surface area contributed by atoms with Gasteiger partial charge in [-0.2, -0.15) is 9.97 Å². The number of nitrogens with zero attached hydrogens (tertiary/aromatic N) is 5. The van der Waals surface area contributed by atoms with Gasteiger partial charge in [-0.1, -0.05) is 18.6 Å². The molecular formula is C37H43F2N5O6. The zero-order chi connectivity index (χ0) is 34.6. The zero-order valence-electron chi connectivity index (χ0n) is 28.5. The van der Waals surface area contributed by atoms with Gasteiger partial charge in [-0.15, -0.1) is 0 Å². The van der Waals surface area contributed by atoms with Crippen LogP contribution in [0.15, 0.2) is 30.3 Å². The zero-order valence-corrected chi connectivity index (χ0v) is 28.5. The lowest BCUT2D eigenvalue weighted by atomic mass is 9.75. The van der Waals surface area contributed by atoms with E-state index in [2.05, 4.69) is 14.9 Å². The monoisotopic (exact) mass is 691 g/mol. The smallest absolute Gasteiger partial charge is 0.319 e. The maximum Gasteiger partial charge on any atom is 0.319 e.